The molecule has 1 unspecified atom stereocenters. The fourth-order valence-electron chi connectivity index (χ4n) is 6.57. The summed E-state index contributed by atoms with van der Waals surface area (Å²) in [6, 6.07) is 11.7. The Morgan fingerprint density at radius 2 is 2.00 bits per heavy atom. The summed E-state index contributed by atoms with van der Waals surface area (Å²) in [5, 5.41) is 13.3. The predicted molar refractivity (Wildman–Crippen MR) is 170 cm³/mol. The van der Waals surface area contributed by atoms with Gasteiger partial charge < -0.3 is 24.8 Å². The molecule has 0 radical (unpaired) electrons. The second-order valence-corrected chi connectivity index (χ2v) is 14.0. The number of nitriles is 1. The average Bonchev–Trinajstić information content (AvgIpc) is 3.21. The van der Waals surface area contributed by atoms with E-state index in [0.29, 0.717) is 78.5 Å². The zero-order valence-corrected chi connectivity index (χ0v) is 27.2. The monoisotopic (exact) mass is 662 g/mol. The zero-order valence-electron chi connectivity index (χ0n) is 25.6. The van der Waals surface area contributed by atoms with E-state index in [1.54, 1.807) is 17.0 Å². The van der Waals surface area contributed by atoms with E-state index >= 15 is 4.39 Å². The molecule has 9 nitrogen and oxygen atoms in total. The molecule has 1 aromatic heterocycles. The first-order chi connectivity index (χ1) is 20.8. The predicted octanol–water partition coefficient (Wildman–Crippen LogP) is 5.57. The number of nitrogens with zero attached hydrogens (tertiary/aromatic N) is 5. The molecule has 3 aliphatic rings. The van der Waals surface area contributed by atoms with Crippen molar-refractivity contribution in [3.63, 3.8) is 0 Å². The first kappa shape index (κ1) is 30.3. The third-order valence-corrected chi connectivity index (χ3v) is 9.78. The molecular weight excluding hydrogens is 627 g/mol. The van der Waals surface area contributed by atoms with E-state index in [2.05, 4.69) is 37.1 Å². The van der Waals surface area contributed by atoms with Gasteiger partial charge in [-0.2, -0.15) is 5.26 Å². The second kappa shape index (κ2) is 11.0. The van der Waals surface area contributed by atoms with Crippen LogP contribution in [-0.2, 0) is 21.4 Å². The maximum absolute atomic E-state index is 16.4. The molecule has 230 valence electrons. The molecule has 3 aliphatic heterocycles. The van der Waals surface area contributed by atoms with E-state index in [-0.39, 0.29) is 22.4 Å². The number of likely N-dealkylation sites (N-methyl/N-ethyl adjacent to an activating group) is 1. The van der Waals surface area contributed by atoms with Gasteiger partial charge in [-0.1, -0.05) is 18.2 Å². The molecule has 0 saturated carbocycles. The molecule has 44 heavy (non-hydrogen) atoms. The summed E-state index contributed by atoms with van der Waals surface area (Å²) in [5.41, 5.74) is 1.55. The molecule has 2 fully saturated rings. The van der Waals surface area contributed by atoms with Gasteiger partial charge in [0.05, 0.1) is 27.2 Å². The Balaban J connectivity index is 1.53. The van der Waals surface area contributed by atoms with Crippen LogP contribution >= 0.6 is 15.9 Å². The highest BCUT2D eigenvalue weighted by molar-refractivity contribution is 9.10. The quantitative estimate of drug-likeness (QED) is 0.390. The number of piperidine rings is 1. The van der Waals surface area contributed by atoms with Gasteiger partial charge in [-0.15, -0.1) is 0 Å². The van der Waals surface area contributed by atoms with Crippen molar-refractivity contribution in [2.75, 3.05) is 50.5 Å². The third-order valence-electron chi connectivity index (χ3n) is 8.92. The van der Waals surface area contributed by atoms with Crippen molar-refractivity contribution >= 4 is 50.3 Å². The van der Waals surface area contributed by atoms with Crippen molar-refractivity contribution in [1.29, 1.82) is 5.26 Å². The van der Waals surface area contributed by atoms with Gasteiger partial charge in [0.1, 0.15) is 11.1 Å². The molecule has 3 aromatic rings. The highest BCUT2D eigenvalue weighted by Gasteiger charge is 2.53. The summed E-state index contributed by atoms with van der Waals surface area (Å²) in [5.74, 6) is -0.200. The number of carbonyl (C=O) groups is 2. The summed E-state index contributed by atoms with van der Waals surface area (Å²) in [4.78, 5) is 38.0. The van der Waals surface area contributed by atoms with Crippen molar-refractivity contribution in [2.24, 2.45) is 0 Å². The summed E-state index contributed by atoms with van der Waals surface area (Å²) in [7, 11) is 4.04. The van der Waals surface area contributed by atoms with Gasteiger partial charge in [0, 0.05) is 43.2 Å². The largest absolute Gasteiger partial charge is 0.444 e. The van der Waals surface area contributed by atoms with Crippen LogP contribution in [0, 0.1) is 17.1 Å². The molecule has 1 atom stereocenters. The van der Waals surface area contributed by atoms with Crippen molar-refractivity contribution in [2.45, 2.75) is 57.1 Å². The molecule has 1 N–H and O–H groups in total. The standard InChI is InChI=1S/C33H36BrFN6O3/c1-32(2,3)44-31(43)40-12-8-11-33(18-40)24-23-14-21(13-19-9-6-7-10-20(19)15-36)25(34)26(35)27(23)37-29(28(24)38-30(33)42)41-16-22(17-41)39(4)5/h6-7,9-10,14,22H,8,11-13,16-18H2,1-5H3,(H,38,42). The fraction of sp³-hybridized carbons (Fsp3) is 0.455. The lowest BCUT2D eigenvalue weighted by atomic mass is 9.73. The highest BCUT2D eigenvalue weighted by atomic mass is 79.9. The van der Waals surface area contributed by atoms with Gasteiger partial charge in [0.2, 0.25) is 5.91 Å². The van der Waals surface area contributed by atoms with Gasteiger partial charge in [-0.3, -0.25) is 4.79 Å². The third kappa shape index (κ3) is 5.08. The van der Waals surface area contributed by atoms with E-state index in [0.717, 1.165) is 5.56 Å². The number of benzene rings is 2. The number of carbonyl (C=O) groups excluding carboxylic acids is 2. The minimum atomic E-state index is -1.10. The number of ether oxygens (including phenoxy) is 1. The number of hydrogen-bond donors (Lipinski definition) is 1. The van der Waals surface area contributed by atoms with Gasteiger partial charge in [-0.25, -0.2) is 14.2 Å². The number of likely N-dealkylation sites (tertiary alicyclic amines) is 1. The Morgan fingerprint density at radius 3 is 2.68 bits per heavy atom. The van der Waals surface area contributed by atoms with Gasteiger partial charge in [0.25, 0.3) is 0 Å². The lowest BCUT2D eigenvalue weighted by molar-refractivity contribution is -0.122. The number of pyridine rings is 1. The van der Waals surface area contributed by atoms with Crippen molar-refractivity contribution in [1.82, 2.24) is 14.8 Å². The molecule has 0 aliphatic carbocycles. The SMILES string of the molecule is CN(C)C1CN(c2nc3c(F)c(Br)c(Cc4ccccc4C#N)cc3c3c2NC(=O)C32CCCN(C(=O)OC(C)(C)C)C2)C1. The average molecular weight is 664 g/mol. The van der Waals surface area contributed by atoms with Crippen LogP contribution in [0.4, 0.5) is 20.7 Å². The van der Waals surface area contributed by atoms with Gasteiger partial charge >= 0.3 is 6.09 Å². The van der Waals surface area contributed by atoms with Crippen molar-refractivity contribution < 1.29 is 18.7 Å². The Labute approximate surface area is 265 Å². The number of anilines is 2. The maximum Gasteiger partial charge on any atom is 0.410 e. The van der Waals surface area contributed by atoms with E-state index in [1.807, 2.05) is 53.1 Å². The van der Waals surface area contributed by atoms with E-state index in [4.69, 9.17) is 9.72 Å². The van der Waals surface area contributed by atoms with Crippen molar-refractivity contribution in [3.8, 4) is 6.07 Å². The minimum absolute atomic E-state index is 0.115. The summed E-state index contributed by atoms with van der Waals surface area (Å²) < 4.78 is 22.4. The molecular formula is C33H36BrFN6O3. The molecule has 11 heteroatoms. The number of fused-ring (bicyclic) bond motifs is 4. The number of nitrogens with one attached hydrogen (secondary N) is 1. The molecule has 2 amide bonds. The van der Waals surface area contributed by atoms with Crippen LogP contribution in [0.5, 0.6) is 0 Å². The lowest BCUT2D eigenvalue weighted by Gasteiger charge is -2.44. The molecule has 1 spiro atoms. The topological polar surface area (TPSA) is 102 Å². The summed E-state index contributed by atoms with van der Waals surface area (Å²) >= 11 is 3.49. The highest BCUT2D eigenvalue weighted by Crippen LogP contribution is 2.52. The Morgan fingerprint density at radius 1 is 1.27 bits per heavy atom. The Hall–Kier alpha value is -3.75. The molecule has 2 saturated heterocycles. The normalized spacial score (nSPS) is 20.1. The molecule has 6 rings (SSSR count). The summed E-state index contributed by atoms with van der Waals surface area (Å²) in [6.07, 6.45) is 0.909. The van der Waals surface area contributed by atoms with Gasteiger partial charge in [-0.05, 0) is 93.3 Å². The number of rotatable bonds is 4. The first-order valence-corrected chi connectivity index (χ1v) is 15.7. The van der Waals surface area contributed by atoms with Crippen LogP contribution < -0.4 is 10.2 Å². The number of hydrogen-bond acceptors (Lipinski definition) is 7. The van der Waals surface area contributed by atoms with E-state index in [9.17, 15) is 14.9 Å². The van der Waals surface area contributed by atoms with Crippen molar-refractivity contribution in [3.05, 3.63) is 62.9 Å². The second-order valence-electron chi connectivity index (χ2n) is 13.3. The van der Waals surface area contributed by atoms with Crippen LogP contribution in [0.3, 0.4) is 0 Å². The minimum Gasteiger partial charge on any atom is -0.444 e. The first-order valence-electron chi connectivity index (χ1n) is 14.9. The van der Waals surface area contributed by atoms with Gasteiger partial charge in [0.15, 0.2) is 11.6 Å². The lowest BCUT2D eigenvalue weighted by Crippen LogP contribution is -2.57. The molecule has 4 heterocycles. The van der Waals surface area contributed by atoms with Crippen LogP contribution in [0.2, 0.25) is 0 Å². The zero-order chi connectivity index (χ0) is 31.6. The van der Waals surface area contributed by atoms with Crippen LogP contribution in [0.15, 0.2) is 34.8 Å². The van der Waals surface area contributed by atoms with Crippen LogP contribution in [0.1, 0.15) is 55.9 Å². The smallest absolute Gasteiger partial charge is 0.410 e. The Kier molecular flexibility index (Phi) is 7.57. The summed E-state index contributed by atoms with van der Waals surface area (Å²) in [6.45, 7) is 7.40. The fourth-order valence-corrected chi connectivity index (χ4v) is 7.01. The van der Waals surface area contributed by atoms with E-state index < -0.39 is 22.9 Å². The van der Waals surface area contributed by atoms with E-state index in [1.165, 1.54) is 0 Å². The van der Waals surface area contributed by atoms with Crippen LogP contribution in [0.25, 0.3) is 10.9 Å². The number of halogens is 2. The molecule has 0 bridgehead atoms. The number of amides is 2. The molecule has 2 aromatic carbocycles. The van der Waals surface area contributed by atoms with Crippen LogP contribution in [-0.4, -0.2) is 78.7 Å². The number of aromatic nitrogens is 1. The maximum atomic E-state index is 16.4. The Bertz CT molecular complexity index is 1730.